The maximum Gasteiger partial charge on any atom is 0.120 e. The summed E-state index contributed by atoms with van der Waals surface area (Å²) < 4.78 is 6.50. The van der Waals surface area contributed by atoms with Crippen molar-refractivity contribution in [1.29, 1.82) is 0 Å². The van der Waals surface area contributed by atoms with Gasteiger partial charge in [-0.3, -0.25) is 0 Å². The Hall–Kier alpha value is -0.470. The first-order valence-electron chi connectivity index (χ1n) is 7.85. The zero-order valence-electron chi connectivity index (χ0n) is 12.7. The zero-order valence-corrected chi connectivity index (χ0v) is 13.5. The van der Waals surface area contributed by atoms with E-state index >= 15 is 0 Å². The van der Waals surface area contributed by atoms with Gasteiger partial charge in [-0.05, 0) is 36.2 Å². The average molecular weight is 288 g/mol. The van der Waals surface area contributed by atoms with E-state index in [-0.39, 0.29) is 4.93 Å². The summed E-state index contributed by atoms with van der Waals surface area (Å²) in [4.78, 5) is 0.0694. The topological polar surface area (TPSA) is 9.23 Å². The lowest BCUT2D eigenvalue weighted by molar-refractivity contribution is -0.0592. The molecule has 108 valence electrons. The van der Waals surface area contributed by atoms with Crippen LogP contribution in [0.4, 0.5) is 0 Å². The molecule has 0 N–H and O–H groups in total. The van der Waals surface area contributed by atoms with E-state index in [1.807, 2.05) is 0 Å². The highest BCUT2D eigenvalue weighted by Gasteiger charge is 2.71. The SMILES string of the molecule is CC1(C)[C@@H]2CC[C@@]1(C)[C@@]1(C2)OC[C@H](c2ccccc2)S1. The number of thioether (sulfide) groups is 1. The summed E-state index contributed by atoms with van der Waals surface area (Å²) in [5.41, 5.74) is 2.18. The van der Waals surface area contributed by atoms with Crippen LogP contribution in [0.5, 0.6) is 0 Å². The minimum Gasteiger partial charge on any atom is -0.362 e. The van der Waals surface area contributed by atoms with Gasteiger partial charge in [0.1, 0.15) is 4.93 Å². The molecule has 1 saturated heterocycles. The molecule has 2 saturated carbocycles. The molecule has 20 heavy (non-hydrogen) atoms. The van der Waals surface area contributed by atoms with Gasteiger partial charge in [-0.25, -0.2) is 0 Å². The third-order valence-electron chi connectivity index (χ3n) is 6.76. The van der Waals surface area contributed by atoms with E-state index < -0.39 is 0 Å². The van der Waals surface area contributed by atoms with Crippen LogP contribution in [0.15, 0.2) is 30.3 Å². The van der Waals surface area contributed by atoms with Gasteiger partial charge in [0.15, 0.2) is 0 Å². The summed E-state index contributed by atoms with van der Waals surface area (Å²) in [5.74, 6) is 0.842. The van der Waals surface area contributed by atoms with Crippen LogP contribution < -0.4 is 0 Å². The van der Waals surface area contributed by atoms with Crippen LogP contribution in [0.25, 0.3) is 0 Å². The predicted molar refractivity (Wildman–Crippen MR) is 84.7 cm³/mol. The Labute approximate surface area is 126 Å². The highest BCUT2D eigenvalue weighted by Crippen LogP contribution is 2.76. The van der Waals surface area contributed by atoms with E-state index in [0.29, 0.717) is 16.1 Å². The summed E-state index contributed by atoms with van der Waals surface area (Å²) in [6.07, 6.45) is 3.98. The van der Waals surface area contributed by atoms with Crippen molar-refractivity contribution in [2.24, 2.45) is 16.7 Å². The summed E-state index contributed by atoms with van der Waals surface area (Å²) in [7, 11) is 0. The average Bonchev–Trinajstić information content (AvgIpc) is 3.01. The van der Waals surface area contributed by atoms with Crippen molar-refractivity contribution >= 4 is 11.8 Å². The maximum absolute atomic E-state index is 6.50. The molecule has 1 aromatic carbocycles. The molecule has 1 heterocycles. The maximum atomic E-state index is 6.50. The molecule has 1 aliphatic heterocycles. The van der Waals surface area contributed by atoms with Gasteiger partial charge in [0.25, 0.3) is 0 Å². The van der Waals surface area contributed by atoms with Gasteiger partial charge < -0.3 is 4.74 Å². The van der Waals surface area contributed by atoms with Crippen LogP contribution in [-0.4, -0.2) is 11.5 Å². The quantitative estimate of drug-likeness (QED) is 0.716. The summed E-state index contributed by atoms with van der Waals surface area (Å²) >= 11 is 2.12. The van der Waals surface area contributed by atoms with Crippen LogP contribution in [0.2, 0.25) is 0 Å². The summed E-state index contributed by atoms with van der Waals surface area (Å²) in [6, 6.07) is 10.9. The Kier molecular flexibility index (Phi) is 2.67. The molecule has 1 aromatic rings. The van der Waals surface area contributed by atoms with Gasteiger partial charge in [-0.2, -0.15) is 0 Å². The smallest absolute Gasteiger partial charge is 0.120 e. The van der Waals surface area contributed by atoms with Crippen molar-refractivity contribution in [2.75, 3.05) is 6.61 Å². The molecule has 0 unspecified atom stereocenters. The number of rotatable bonds is 1. The number of benzene rings is 1. The molecule has 0 amide bonds. The van der Waals surface area contributed by atoms with Gasteiger partial charge in [-0.1, -0.05) is 51.1 Å². The molecule has 3 aliphatic rings. The first kappa shape index (κ1) is 13.2. The third kappa shape index (κ3) is 1.45. The molecule has 1 spiro atoms. The molecule has 2 heteroatoms. The van der Waals surface area contributed by atoms with Crippen LogP contribution >= 0.6 is 11.8 Å². The van der Waals surface area contributed by atoms with Gasteiger partial charge >= 0.3 is 0 Å². The highest BCUT2D eigenvalue weighted by atomic mass is 32.2. The fraction of sp³-hybridized carbons (Fsp3) is 0.667. The summed E-state index contributed by atoms with van der Waals surface area (Å²) in [5, 5.41) is 0.517. The van der Waals surface area contributed by atoms with Crippen LogP contribution in [0, 0.1) is 16.7 Å². The first-order chi connectivity index (χ1) is 9.49. The molecule has 0 radical (unpaired) electrons. The fourth-order valence-corrected chi connectivity index (χ4v) is 6.87. The molecule has 3 fully saturated rings. The second-order valence-electron chi connectivity index (χ2n) is 7.57. The second kappa shape index (κ2) is 4.04. The number of hydrogen-bond donors (Lipinski definition) is 0. The van der Waals surface area contributed by atoms with Gasteiger partial charge in [-0.15, -0.1) is 11.8 Å². The molecule has 1 nitrogen and oxygen atoms in total. The Morgan fingerprint density at radius 3 is 2.50 bits per heavy atom. The molecular formula is C18H24OS. The lowest BCUT2D eigenvalue weighted by atomic mass is 9.69. The Bertz CT molecular complexity index is 525. The fourth-order valence-electron chi connectivity index (χ4n) is 4.92. The van der Waals surface area contributed by atoms with Gasteiger partial charge in [0, 0.05) is 5.41 Å². The van der Waals surface area contributed by atoms with Crippen molar-refractivity contribution in [3.05, 3.63) is 35.9 Å². The van der Waals surface area contributed by atoms with E-state index in [0.717, 1.165) is 12.5 Å². The number of fused-ring (bicyclic) bond motifs is 3. The third-order valence-corrected chi connectivity index (χ3v) is 8.57. The molecular weight excluding hydrogens is 264 g/mol. The molecule has 0 aromatic heterocycles. The molecule has 4 rings (SSSR count). The van der Waals surface area contributed by atoms with E-state index in [1.165, 1.54) is 24.8 Å². The Balaban J connectivity index is 1.66. The Morgan fingerprint density at radius 2 is 1.90 bits per heavy atom. The molecule has 4 atom stereocenters. The number of ether oxygens (including phenoxy) is 1. The van der Waals surface area contributed by atoms with Crippen molar-refractivity contribution in [2.45, 2.75) is 50.2 Å². The van der Waals surface area contributed by atoms with Gasteiger partial charge in [0.2, 0.25) is 0 Å². The zero-order chi connectivity index (χ0) is 14.0. The van der Waals surface area contributed by atoms with Crippen molar-refractivity contribution in [3.63, 3.8) is 0 Å². The van der Waals surface area contributed by atoms with Gasteiger partial charge in [0.05, 0.1) is 11.9 Å². The summed E-state index contributed by atoms with van der Waals surface area (Å²) in [6.45, 7) is 8.31. The van der Waals surface area contributed by atoms with E-state index in [4.69, 9.17) is 4.74 Å². The predicted octanol–water partition coefficient (Wildman–Crippen LogP) is 5.03. The molecule has 2 bridgehead atoms. The van der Waals surface area contributed by atoms with E-state index in [1.54, 1.807) is 0 Å². The minimum atomic E-state index is 0.0694. The van der Waals surface area contributed by atoms with Crippen molar-refractivity contribution in [3.8, 4) is 0 Å². The number of hydrogen-bond acceptors (Lipinski definition) is 2. The van der Waals surface area contributed by atoms with Crippen molar-refractivity contribution in [1.82, 2.24) is 0 Å². The normalized spacial score (nSPS) is 45.4. The lowest BCUT2D eigenvalue weighted by Gasteiger charge is -2.45. The molecule has 2 aliphatic carbocycles. The Morgan fingerprint density at radius 1 is 1.15 bits per heavy atom. The van der Waals surface area contributed by atoms with Crippen LogP contribution in [0.1, 0.15) is 50.8 Å². The highest BCUT2D eigenvalue weighted by molar-refractivity contribution is 8.01. The van der Waals surface area contributed by atoms with E-state index in [9.17, 15) is 0 Å². The monoisotopic (exact) mass is 288 g/mol. The van der Waals surface area contributed by atoms with Crippen molar-refractivity contribution < 1.29 is 4.74 Å². The van der Waals surface area contributed by atoms with Crippen LogP contribution in [-0.2, 0) is 4.74 Å². The largest absolute Gasteiger partial charge is 0.362 e. The minimum absolute atomic E-state index is 0.0694. The lowest BCUT2D eigenvalue weighted by Crippen LogP contribution is -2.44. The first-order valence-corrected chi connectivity index (χ1v) is 8.73. The van der Waals surface area contributed by atoms with Crippen LogP contribution in [0.3, 0.4) is 0 Å². The van der Waals surface area contributed by atoms with E-state index in [2.05, 4.69) is 62.9 Å². The second-order valence-corrected chi connectivity index (χ2v) is 9.04. The standard InChI is InChI=1S/C18H24OS/c1-16(2)14-9-10-17(16,3)18(11-14)19-12-15(20-18)13-7-5-4-6-8-13/h4-8,14-15H,9-12H2,1-3H3/t14-,15-,17-,18+/m1/s1.